The Kier molecular flexibility index (Phi) is 8.92. The molecule has 67 heavy (non-hydrogen) atoms. The smallest absolute Gasteiger partial charge is 0.159 e. The van der Waals surface area contributed by atoms with Crippen molar-refractivity contribution in [3.05, 3.63) is 194 Å². The Bertz CT molecular complexity index is 3740. The van der Waals surface area contributed by atoms with E-state index in [9.17, 15) is 0 Å². The summed E-state index contributed by atoms with van der Waals surface area (Å²) in [7, 11) is 0. The predicted octanol–water partition coefficient (Wildman–Crippen LogP) is 18.3. The highest BCUT2D eigenvalue weighted by Crippen LogP contribution is 2.44. The number of rotatable bonds is 9. The van der Waals surface area contributed by atoms with Crippen molar-refractivity contribution < 1.29 is 8.83 Å². The molecule has 0 fully saturated rings. The van der Waals surface area contributed by atoms with Crippen molar-refractivity contribution in [3.8, 4) is 33.6 Å². The lowest BCUT2D eigenvalue weighted by molar-refractivity contribution is 0.284. The highest BCUT2D eigenvalue weighted by molar-refractivity contribution is 6.15. The van der Waals surface area contributed by atoms with Gasteiger partial charge in [-0.3, -0.25) is 0 Å². The maximum absolute atomic E-state index is 6.84. The molecule has 1 atom stereocenters. The van der Waals surface area contributed by atoms with E-state index in [0.717, 1.165) is 61.7 Å². The van der Waals surface area contributed by atoms with E-state index in [4.69, 9.17) is 8.83 Å². The van der Waals surface area contributed by atoms with Crippen LogP contribution in [0.5, 0.6) is 0 Å². The predicted molar refractivity (Wildman–Crippen MR) is 282 cm³/mol. The Hall–Kier alpha value is -7.82. The Morgan fingerprint density at radius 1 is 0.418 bits per heavy atom. The standard InChI is InChI=1S/C63H50N2O2/c1-5-32-63(3,4)38-39(2)42-33-43(40-28-30-59-51(36-40)49-20-14-26-57(61(49)66-59)64-53-22-10-6-16-45(53)46-17-7-11-23-54(46)64)35-44(34-42)41-29-31-60-52(37-41)50-21-15-27-58(62(50)67-60)65-55-24-12-8-18-47(55)48-19-9-13-25-56(48)65/h6-31,33-37,39H,5,32,38H2,1-4H3. The van der Waals surface area contributed by atoms with E-state index < -0.39 is 0 Å². The first-order chi connectivity index (χ1) is 32.8. The number of hydrogen-bond donors (Lipinski definition) is 0. The lowest BCUT2D eigenvalue weighted by Crippen LogP contribution is -2.14. The van der Waals surface area contributed by atoms with Crippen LogP contribution in [0.1, 0.15) is 58.4 Å². The monoisotopic (exact) mass is 866 g/mol. The molecule has 13 rings (SSSR count). The molecule has 0 N–H and O–H groups in total. The minimum atomic E-state index is 0.232. The number of aromatic nitrogens is 2. The maximum Gasteiger partial charge on any atom is 0.159 e. The van der Waals surface area contributed by atoms with Gasteiger partial charge in [0.25, 0.3) is 0 Å². The summed E-state index contributed by atoms with van der Waals surface area (Å²) < 4.78 is 18.4. The number of para-hydroxylation sites is 6. The lowest BCUT2D eigenvalue weighted by Gasteiger charge is -2.28. The summed E-state index contributed by atoms with van der Waals surface area (Å²) in [6.45, 7) is 9.56. The van der Waals surface area contributed by atoms with Gasteiger partial charge in [-0.25, -0.2) is 0 Å². The van der Waals surface area contributed by atoms with Crippen molar-refractivity contribution >= 4 is 87.5 Å². The molecule has 13 aromatic rings. The van der Waals surface area contributed by atoms with E-state index in [1.807, 2.05) is 0 Å². The minimum absolute atomic E-state index is 0.232. The van der Waals surface area contributed by atoms with E-state index in [2.05, 4.69) is 225 Å². The minimum Gasteiger partial charge on any atom is -0.454 e. The van der Waals surface area contributed by atoms with Crippen molar-refractivity contribution in [2.24, 2.45) is 5.41 Å². The molecule has 0 saturated carbocycles. The highest BCUT2D eigenvalue weighted by atomic mass is 16.3. The van der Waals surface area contributed by atoms with Crippen LogP contribution >= 0.6 is 0 Å². The fraction of sp³-hybridized carbons (Fsp3) is 0.143. The van der Waals surface area contributed by atoms with Gasteiger partial charge in [0.05, 0.1) is 33.4 Å². The molecule has 4 aromatic heterocycles. The number of benzene rings is 9. The van der Waals surface area contributed by atoms with E-state index in [1.54, 1.807) is 0 Å². The second-order valence-corrected chi connectivity index (χ2v) is 19.5. The van der Waals surface area contributed by atoms with Gasteiger partial charge in [0.2, 0.25) is 0 Å². The zero-order chi connectivity index (χ0) is 45.0. The number of furan rings is 2. The number of fused-ring (bicyclic) bond motifs is 12. The Morgan fingerprint density at radius 2 is 0.821 bits per heavy atom. The van der Waals surface area contributed by atoms with Gasteiger partial charge in [0.1, 0.15) is 11.2 Å². The molecule has 0 spiro atoms. The van der Waals surface area contributed by atoms with Crippen LogP contribution in [-0.2, 0) is 0 Å². The van der Waals surface area contributed by atoms with Crippen molar-refractivity contribution in [1.29, 1.82) is 0 Å². The second kappa shape index (κ2) is 15.1. The van der Waals surface area contributed by atoms with Crippen LogP contribution in [0, 0.1) is 5.41 Å². The topological polar surface area (TPSA) is 36.1 Å². The molecule has 0 saturated heterocycles. The summed E-state index contributed by atoms with van der Waals surface area (Å²) in [4.78, 5) is 0. The molecular weight excluding hydrogens is 817 g/mol. The molecule has 0 radical (unpaired) electrons. The van der Waals surface area contributed by atoms with Gasteiger partial charge >= 0.3 is 0 Å². The SMILES string of the molecule is CCCC(C)(C)CC(C)c1cc(-c2ccc3oc4c(-n5c6ccccc6c6ccccc65)cccc4c3c2)cc(-c2ccc3oc4c(-n5c6ccccc6c6ccccc65)cccc4c3c2)c1. The summed E-state index contributed by atoms with van der Waals surface area (Å²) in [6, 6.07) is 68.5. The third-order valence-electron chi connectivity index (χ3n) is 14.6. The van der Waals surface area contributed by atoms with Crippen molar-refractivity contribution in [2.75, 3.05) is 0 Å². The highest BCUT2D eigenvalue weighted by Gasteiger charge is 2.24. The van der Waals surface area contributed by atoms with Crippen LogP contribution in [0.2, 0.25) is 0 Å². The molecule has 324 valence electrons. The van der Waals surface area contributed by atoms with E-state index in [-0.39, 0.29) is 5.41 Å². The van der Waals surface area contributed by atoms with E-state index in [1.165, 1.54) is 84.3 Å². The van der Waals surface area contributed by atoms with Gasteiger partial charge in [-0.15, -0.1) is 0 Å². The van der Waals surface area contributed by atoms with Gasteiger partial charge in [0.15, 0.2) is 11.2 Å². The van der Waals surface area contributed by atoms with Crippen molar-refractivity contribution in [3.63, 3.8) is 0 Å². The average molecular weight is 867 g/mol. The van der Waals surface area contributed by atoms with Crippen LogP contribution in [0.25, 0.3) is 121 Å². The zero-order valence-electron chi connectivity index (χ0n) is 38.3. The van der Waals surface area contributed by atoms with Crippen LogP contribution in [-0.4, -0.2) is 9.13 Å². The largest absolute Gasteiger partial charge is 0.454 e. The second-order valence-electron chi connectivity index (χ2n) is 19.5. The molecule has 4 nitrogen and oxygen atoms in total. The van der Waals surface area contributed by atoms with Crippen LogP contribution in [0.4, 0.5) is 0 Å². The molecule has 4 heteroatoms. The number of hydrogen-bond acceptors (Lipinski definition) is 2. The summed E-state index contributed by atoms with van der Waals surface area (Å²) in [5.74, 6) is 0.361. The molecule has 0 aliphatic heterocycles. The normalized spacial score (nSPS) is 12.9. The Labute approximate surface area is 389 Å². The van der Waals surface area contributed by atoms with Gasteiger partial charge in [0, 0.05) is 43.1 Å². The first-order valence-electron chi connectivity index (χ1n) is 23.9. The molecular formula is C63H50N2O2. The third kappa shape index (κ3) is 6.27. The third-order valence-corrected chi connectivity index (χ3v) is 14.6. The number of nitrogens with zero attached hydrogens (tertiary/aromatic N) is 2. The molecule has 0 aliphatic carbocycles. The van der Waals surface area contributed by atoms with Gasteiger partial charge < -0.3 is 18.0 Å². The summed E-state index contributed by atoms with van der Waals surface area (Å²) in [5.41, 5.74) is 16.7. The fourth-order valence-corrected chi connectivity index (χ4v) is 11.6. The van der Waals surface area contributed by atoms with Crippen molar-refractivity contribution in [1.82, 2.24) is 9.13 Å². The molecule has 0 aliphatic rings. The Balaban J connectivity index is 0.961. The van der Waals surface area contributed by atoms with Gasteiger partial charge in [-0.1, -0.05) is 155 Å². The summed E-state index contributed by atoms with van der Waals surface area (Å²) in [6.07, 6.45) is 3.49. The Morgan fingerprint density at radius 3 is 1.24 bits per heavy atom. The fourth-order valence-electron chi connectivity index (χ4n) is 11.6. The summed E-state index contributed by atoms with van der Waals surface area (Å²) in [5, 5.41) is 9.40. The van der Waals surface area contributed by atoms with Gasteiger partial charge in [-0.05, 0) is 119 Å². The van der Waals surface area contributed by atoms with Crippen LogP contribution in [0.15, 0.2) is 197 Å². The lowest BCUT2D eigenvalue weighted by atomic mass is 9.77. The summed E-state index contributed by atoms with van der Waals surface area (Å²) >= 11 is 0. The molecule has 0 amide bonds. The molecule has 9 aromatic carbocycles. The van der Waals surface area contributed by atoms with E-state index in [0.29, 0.717) is 5.92 Å². The van der Waals surface area contributed by atoms with E-state index >= 15 is 0 Å². The molecule has 1 unspecified atom stereocenters. The zero-order valence-corrected chi connectivity index (χ0v) is 38.3. The van der Waals surface area contributed by atoms with Crippen LogP contribution in [0.3, 0.4) is 0 Å². The first kappa shape index (κ1) is 39.5. The first-order valence-corrected chi connectivity index (χ1v) is 23.9. The average Bonchev–Trinajstić information content (AvgIpc) is 4.11. The van der Waals surface area contributed by atoms with Crippen LogP contribution < -0.4 is 0 Å². The molecule has 0 bridgehead atoms. The van der Waals surface area contributed by atoms with Gasteiger partial charge in [-0.2, -0.15) is 0 Å². The molecule has 4 heterocycles. The van der Waals surface area contributed by atoms with Crippen molar-refractivity contribution in [2.45, 2.75) is 52.9 Å². The maximum atomic E-state index is 6.84. The quantitative estimate of drug-likeness (QED) is 0.145.